The highest BCUT2D eigenvalue weighted by molar-refractivity contribution is 5.81. The van der Waals surface area contributed by atoms with Crippen LogP contribution in [0.3, 0.4) is 0 Å². The molecular formula is C23H22F4N2O4. The summed E-state index contributed by atoms with van der Waals surface area (Å²) in [7, 11) is 0. The fraction of sp³-hybridized carbons (Fsp3) is 0.391. The molecule has 6 nitrogen and oxygen atoms in total. The molecule has 2 bridgehead atoms. The predicted molar refractivity (Wildman–Crippen MR) is 109 cm³/mol. The van der Waals surface area contributed by atoms with Gasteiger partial charge in [0.05, 0.1) is 0 Å². The van der Waals surface area contributed by atoms with E-state index in [2.05, 4.69) is 10.6 Å². The van der Waals surface area contributed by atoms with Crippen LogP contribution in [-0.2, 0) is 9.59 Å². The van der Waals surface area contributed by atoms with Crippen LogP contribution >= 0.6 is 0 Å². The molecule has 0 aliphatic heterocycles. The van der Waals surface area contributed by atoms with Crippen molar-refractivity contribution in [3.63, 3.8) is 0 Å². The minimum absolute atomic E-state index is 0.122. The molecule has 3 fully saturated rings. The highest BCUT2D eigenvalue weighted by Gasteiger charge is 2.69. The van der Waals surface area contributed by atoms with Crippen molar-refractivity contribution in [2.45, 2.75) is 43.2 Å². The molecule has 0 radical (unpaired) electrons. The number of hydrogen-bond acceptors (Lipinski definition) is 4. The second kappa shape index (κ2) is 8.92. The maximum Gasteiger partial charge on any atom is 0.263 e. The first kappa shape index (κ1) is 22.9. The number of carbonyl (C=O) groups excluding carboxylic acids is 2. The van der Waals surface area contributed by atoms with E-state index in [0.29, 0.717) is 30.8 Å². The van der Waals surface area contributed by atoms with Crippen LogP contribution in [0.25, 0.3) is 0 Å². The van der Waals surface area contributed by atoms with Crippen molar-refractivity contribution in [3.8, 4) is 11.5 Å². The summed E-state index contributed by atoms with van der Waals surface area (Å²) in [5.74, 6) is -0.0225. The van der Waals surface area contributed by atoms with Gasteiger partial charge in [0.25, 0.3) is 24.7 Å². The molecule has 33 heavy (non-hydrogen) atoms. The fourth-order valence-electron chi connectivity index (χ4n) is 4.43. The molecule has 0 atom stereocenters. The van der Waals surface area contributed by atoms with Crippen molar-refractivity contribution in [1.82, 2.24) is 10.6 Å². The van der Waals surface area contributed by atoms with Gasteiger partial charge in [-0.3, -0.25) is 9.59 Å². The third-order valence-electron chi connectivity index (χ3n) is 5.84. The number of benzene rings is 2. The minimum Gasteiger partial charge on any atom is -0.484 e. The number of carbonyl (C=O) groups is 2. The normalized spacial score (nSPS) is 22.8. The SMILES string of the molecule is O=C(COc1ccc(C(F)F)cc1)NC12CC(NC(=O)COc3ccc(C(F)F)cc3)(C1)C2. The average molecular weight is 466 g/mol. The van der Waals surface area contributed by atoms with Crippen LogP contribution in [0.4, 0.5) is 17.6 Å². The first-order valence-electron chi connectivity index (χ1n) is 10.3. The molecule has 0 unspecified atom stereocenters. The zero-order chi connectivity index (χ0) is 23.6. The molecule has 5 rings (SSSR count). The van der Waals surface area contributed by atoms with Crippen LogP contribution in [0.15, 0.2) is 48.5 Å². The van der Waals surface area contributed by atoms with Gasteiger partial charge in [0.1, 0.15) is 11.5 Å². The van der Waals surface area contributed by atoms with Gasteiger partial charge in [-0.25, -0.2) is 17.6 Å². The lowest BCUT2D eigenvalue weighted by Gasteiger charge is -2.70. The zero-order valence-corrected chi connectivity index (χ0v) is 17.5. The lowest BCUT2D eigenvalue weighted by Crippen LogP contribution is -2.84. The van der Waals surface area contributed by atoms with E-state index in [1.54, 1.807) is 0 Å². The van der Waals surface area contributed by atoms with Crippen LogP contribution in [0.5, 0.6) is 11.5 Å². The monoisotopic (exact) mass is 466 g/mol. The first-order valence-corrected chi connectivity index (χ1v) is 10.3. The Kier molecular flexibility index (Phi) is 6.18. The van der Waals surface area contributed by atoms with Gasteiger partial charge in [0, 0.05) is 22.2 Å². The maximum atomic E-state index is 12.6. The Labute approximate surface area is 187 Å². The standard InChI is InChI=1S/C23H22F4N2O4/c24-20(25)14-1-5-16(6-2-14)32-9-18(30)28-22-11-23(12-22,13-22)29-19(31)10-33-17-7-3-15(4-8-17)21(26)27/h1-8,20-21H,9-13H2,(H,28,30)(H,29,31). The smallest absolute Gasteiger partial charge is 0.263 e. The second-order valence-corrected chi connectivity index (χ2v) is 8.50. The molecule has 176 valence electrons. The van der Waals surface area contributed by atoms with Crippen molar-refractivity contribution >= 4 is 11.8 Å². The highest BCUT2D eigenvalue weighted by atomic mass is 19.3. The number of hydrogen-bond donors (Lipinski definition) is 2. The van der Waals surface area contributed by atoms with Crippen LogP contribution in [-0.4, -0.2) is 36.1 Å². The maximum absolute atomic E-state index is 12.6. The zero-order valence-electron chi connectivity index (χ0n) is 17.5. The van der Waals surface area contributed by atoms with E-state index in [-0.39, 0.29) is 47.2 Å². The summed E-state index contributed by atoms with van der Waals surface area (Å²) in [4.78, 5) is 24.3. The average Bonchev–Trinajstić information content (AvgIpc) is 2.74. The topological polar surface area (TPSA) is 76.7 Å². The third-order valence-corrected chi connectivity index (χ3v) is 5.84. The van der Waals surface area contributed by atoms with Crippen molar-refractivity contribution in [2.24, 2.45) is 0 Å². The van der Waals surface area contributed by atoms with Crippen molar-refractivity contribution < 1.29 is 36.6 Å². The Morgan fingerprint density at radius 3 is 1.33 bits per heavy atom. The molecule has 0 spiro atoms. The van der Waals surface area contributed by atoms with Crippen molar-refractivity contribution in [1.29, 1.82) is 0 Å². The van der Waals surface area contributed by atoms with Gasteiger partial charge < -0.3 is 20.1 Å². The summed E-state index contributed by atoms with van der Waals surface area (Å²) in [6, 6.07) is 10.5. The van der Waals surface area contributed by atoms with Crippen molar-refractivity contribution in [3.05, 3.63) is 59.7 Å². The molecule has 0 aromatic heterocycles. The predicted octanol–water partition coefficient (Wildman–Crippen LogP) is 3.93. The van der Waals surface area contributed by atoms with Gasteiger partial charge in [-0.05, 0) is 67.8 Å². The van der Waals surface area contributed by atoms with Gasteiger partial charge in [-0.2, -0.15) is 0 Å². The summed E-state index contributed by atoms with van der Waals surface area (Å²) in [5.41, 5.74) is -0.996. The first-order chi connectivity index (χ1) is 15.7. The number of ether oxygens (including phenoxy) is 2. The van der Waals surface area contributed by atoms with Gasteiger partial charge >= 0.3 is 0 Å². The summed E-state index contributed by atoms with van der Waals surface area (Å²) < 4.78 is 60.9. The quantitative estimate of drug-likeness (QED) is 0.521. The number of nitrogens with one attached hydrogen (secondary N) is 2. The lowest BCUT2D eigenvalue weighted by atomic mass is 9.44. The van der Waals surface area contributed by atoms with E-state index in [0.717, 1.165) is 0 Å². The Morgan fingerprint density at radius 1 is 0.697 bits per heavy atom. The lowest BCUT2D eigenvalue weighted by molar-refractivity contribution is -0.151. The second-order valence-electron chi connectivity index (χ2n) is 8.50. The minimum atomic E-state index is -2.56. The molecule has 3 saturated carbocycles. The van der Waals surface area contributed by atoms with E-state index in [4.69, 9.17) is 9.47 Å². The number of alkyl halides is 4. The molecule has 3 aliphatic carbocycles. The molecule has 3 aliphatic rings. The summed E-state index contributed by atoms with van der Waals surface area (Å²) in [5, 5.41) is 5.80. The molecule has 2 aromatic carbocycles. The Morgan fingerprint density at radius 2 is 1.03 bits per heavy atom. The van der Waals surface area contributed by atoms with E-state index in [1.807, 2.05) is 0 Å². The summed E-state index contributed by atoms with van der Waals surface area (Å²) >= 11 is 0. The molecular weight excluding hydrogens is 444 g/mol. The highest BCUT2D eigenvalue weighted by Crippen LogP contribution is 2.60. The van der Waals surface area contributed by atoms with Gasteiger partial charge in [0.2, 0.25) is 0 Å². The van der Waals surface area contributed by atoms with E-state index >= 15 is 0 Å². The molecule has 0 saturated heterocycles. The Bertz CT molecular complexity index is 913. The third kappa shape index (κ3) is 5.20. The largest absolute Gasteiger partial charge is 0.484 e. The Hall–Kier alpha value is -3.30. The van der Waals surface area contributed by atoms with Crippen LogP contribution < -0.4 is 20.1 Å². The molecule has 2 amide bonds. The fourth-order valence-corrected chi connectivity index (χ4v) is 4.43. The van der Waals surface area contributed by atoms with Gasteiger partial charge in [-0.1, -0.05) is 0 Å². The van der Waals surface area contributed by atoms with Crippen molar-refractivity contribution in [2.75, 3.05) is 13.2 Å². The van der Waals surface area contributed by atoms with Gasteiger partial charge in [-0.15, -0.1) is 0 Å². The molecule has 2 N–H and O–H groups in total. The van der Waals surface area contributed by atoms with Crippen LogP contribution in [0.2, 0.25) is 0 Å². The number of rotatable bonds is 10. The summed E-state index contributed by atoms with van der Waals surface area (Å²) in [6.45, 7) is -0.485. The van der Waals surface area contributed by atoms with E-state index in [1.165, 1.54) is 48.5 Å². The van der Waals surface area contributed by atoms with E-state index in [9.17, 15) is 27.2 Å². The molecule has 0 heterocycles. The van der Waals surface area contributed by atoms with E-state index < -0.39 is 12.9 Å². The van der Waals surface area contributed by atoms with Gasteiger partial charge in [0.15, 0.2) is 13.2 Å². The van der Waals surface area contributed by atoms with Crippen LogP contribution in [0, 0.1) is 0 Å². The Balaban J connectivity index is 1.15. The number of halogens is 4. The van der Waals surface area contributed by atoms with Crippen LogP contribution in [0.1, 0.15) is 43.2 Å². The molecule has 10 heteroatoms. The number of amides is 2. The summed E-state index contributed by atoms with van der Waals surface area (Å²) in [6.07, 6.45) is -3.37. The molecule has 2 aromatic rings.